The van der Waals surface area contributed by atoms with E-state index in [1.54, 1.807) is 6.92 Å². The predicted octanol–water partition coefficient (Wildman–Crippen LogP) is 2.87. The molecule has 19 heavy (non-hydrogen) atoms. The first-order valence-corrected chi connectivity index (χ1v) is 6.54. The summed E-state index contributed by atoms with van der Waals surface area (Å²) in [5.74, 6) is 3.62. The maximum Gasteiger partial charge on any atom is 0.118 e. The van der Waals surface area contributed by atoms with Crippen LogP contribution in [0.15, 0.2) is 33.1 Å². The van der Waals surface area contributed by atoms with Gasteiger partial charge >= 0.3 is 0 Å². The van der Waals surface area contributed by atoms with Gasteiger partial charge in [-0.1, -0.05) is 0 Å². The van der Waals surface area contributed by atoms with E-state index in [9.17, 15) is 5.11 Å². The highest BCUT2D eigenvalue weighted by molar-refractivity contribution is 5.07. The molecule has 0 aromatic carbocycles. The van der Waals surface area contributed by atoms with Crippen molar-refractivity contribution >= 4 is 0 Å². The average molecular weight is 263 g/mol. The number of nitrogens with zero attached hydrogens (tertiary/aromatic N) is 1. The Balaban J connectivity index is 2.02. The molecule has 4 heteroatoms. The van der Waals surface area contributed by atoms with Crippen molar-refractivity contribution in [3.05, 3.63) is 47.3 Å². The first-order valence-electron chi connectivity index (χ1n) is 6.54. The normalized spacial score (nSPS) is 13.1. The van der Waals surface area contributed by atoms with Crippen molar-refractivity contribution in [1.29, 1.82) is 0 Å². The number of aryl methyl sites for hydroxylation is 2. The van der Waals surface area contributed by atoms with Gasteiger partial charge in [0.1, 0.15) is 23.0 Å². The minimum absolute atomic E-state index is 0.382. The van der Waals surface area contributed by atoms with E-state index in [0.29, 0.717) is 19.6 Å². The molecule has 0 saturated carbocycles. The molecule has 2 heterocycles. The third-order valence-corrected chi connectivity index (χ3v) is 2.87. The van der Waals surface area contributed by atoms with Gasteiger partial charge in [-0.15, -0.1) is 0 Å². The van der Waals surface area contributed by atoms with Gasteiger partial charge in [0.15, 0.2) is 0 Å². The highest BCUT2D eigenvalue weighted by Crippen LogP contribution is 2.14. The number of aliphatic hydroxyl groups excluding tert-OH is 1. The smallest absolute Gasteiger partial charge is 0.118 e. The lowest BCUT2D eigenvalue weighted by atomic mass is 10.3. The van der Waals surface area contributed by atoms with Crippen molar-refractivity contribution in [3.63, 3.8) is 0 Å². The van der Waals surface area contributed by atoms with Gasteiger partial charge in [-0.3, -0.25) is 4.90 Å². The Labute approximate surface area is 113 Å². The molecule has 0 fully saturated rings. The maximum absolute atomic E-state index is 9.59. The van der Waals surface area contributed by atoms with Crippen molar-refractivity contribution < 1.29 is 13.9 Å². The molecule has 0 radical (unpaired) electrons. The topological polar surface area (TPSA) is 49.8 Å². The molecule has 0 aliphatic carbocycles. The zero-order chi connectivity index (χ0) is 13.8. The van der Waals surface area contributed by atoms with Crippen molar-refractivity contribution in [3.8, 4) is 0 Å². The third-order valence-electron chi connectivity index (χ3n) is 2.87. The maximum atomic E-state index is 9.59. The fourth-order valence-corrected chi connectivity index (χ4v) is 2.14. The highest BCUT2D eigenvalue weighted by Gasteiger charge is 2.13. The Hall–Kier alpha value is -1.52. The summed E-state index contributed by atoms with van der Waals surface area (Å²) in [6.45, 7) is 7.56. The molecule has 0 amide bonds. The zero-order valence-electron chi connectivity index (χ0n) is 11.7. The van der Waals surface area contributed by atoms with Crippen molar-refractivity contribution in [1.82, 2.24) is 4.90 Å². The number of rotatable bonds is 6. The average Bonchev–Trinajstić information content (AvgIpc) is 2.87. The SMILES string of the molecule is Cc1ccc(CN(Cc2ccc(C)o2)C[C@H](C)O)o1. The molecular weight excluding hydrogens is 242 g/mol. The third kappa shape index (κ3) is 4.26. The van der Waals surface area contributed by atoms with E-state index >= 15 is 0 Å². The lowest BCUT2D eigenvalue weighted by Gasteiger charge is -2.21. The fraction of sp³-hybridized carbons (Fsp3) is 0.467. The van der Waals surface area contributed by atoms with Gasteiger partial charge in [-0.25, -0.2) is 0 Å². The van der Waals surface area contributed by atoms with Crippen LogP contribution in [0.3, 0.4) is 0 Å². The van der Waals surface area contributed by atoms with Crippen molar-refractivity contribution in [2.45, 2.75) is 40.0 Å². The van der Waals surface area contributed by atoms with Crippen LogP contribution in [-0.2, 0) is 13.1 Å². The van der Waals surface area contributed by atoms with Gasteiger partial charge in [0.05, 0.1) is 19.2 Å². The van der Waals surface area contributed by atoms with Gasteiger partial charge in [0.2, 0.25) is 0 Å². The van der Waals surface area contributed by atoms with Gasteiger partial charge in [-0.05, 0) is 45.0 Å². The van der Waals surface area contributed by atoms with Gasteiger partial charge in [-0.2, -0.15) is 0 Å². The molecule has 104 valence electrons. The summed E-state index contributed by atoms with van der Waals surface area (Å²) in [7, 11) is 0. The van der Waals surface area contributed by atoms with Crippen LogP contribution < -0.4 is 0 Å². The lowest BCUT2D eigenvalue weighted by Crippen LogP contribution is -2.30. The molecule has 0 spiro atoms. The summed E-state index contributed by atoms with van der Waals surface area (Å²) >= 11 is 0. The molecule has 0 saturated heterocycles. The summed E-state index contributed by atoms with van der Waals surface area (Å²) in [5.41, 5.74) is 0. The van der Waals surface area contributed by atoms with Crippen molar-refractivity contribution in [2.75, 3.05) is 6.54 Å². The number of furan rings is 2. The number of hydrogen-bond acceptors (Lipinski definition) is 4. The summed E-state index contributed by atoms with van der Waals surface area (Å²) in [5, 5.41) is 9.59. The van der Waals surface area contributed by atoms with Gasteiger partial charge < -0.3 is 13.9 Å². The Kier molecular flexibility index (Phi) is 4.45. The quantitative estimate of drug-likeness (QED) is 0.870. The summed E-state index contributed by atoms with van der Waals surface area (Å²) in [6.07, 6.45) is -0.382. The van der Waals surface area contributed by atoms with E-state index in [4.69, 9.17) is 8.83 Å². The van der Waals surface area contributed by atoms with Crippen LogP contribution in [0, 0.1) is 13.8 Å². The van der Waals surface area contributed by atoms with Crippen LogP contribution >= 0.6 is 0 Å². The molecule has 0 aliphatic heterocycles. The first kappa shape index (κ1) is 13.9. The Bertz CT molecular complexity index is 471. The van der Waals surface area contributed by atoms with E-state index in [1.165, 1.54) is 0 Å². The number of aliphatic hydroxyl groups is 1. The molecular formula is C15H21NO3. The highest BCUT2D eigenvalue weighted by atomic mass is 16.3. The second-order valence-electron chi connectivity index (χ2n) is 5.04. The van der Waals surface area contributed by atoms with Crippen LogP contribution in [0.2, 0.25) is 0 Å². The first-order chi connectivity index (χ1) is 9.02. The molecule has 1 atom stereocenters. The van der Waals surface area contributed by atoms with Crippen LogP contribution in [-0.4, -0.2) is 22.7 Å². The van der Waals surface area contributed by atoms with Gasteiger partial charge in [0, 0.05) is 6.54 Å². The van der Waals surface area contributed by atoms with E-state index in [1.807, 2.05) is 38.1 Å². The van der Waals surface area contributed by atoms with Crippen LogP contribution in [0.4, 0.5) is 0 Å². The lowest BCUT2D eigenvalue weighted by molar-refractivity contribution is 0.108. The summed E-state index contributed by atoms with van der Waals surface area (Å²) in [4.78, 5) is 2.11. The fourth-order valence-electron chi connectivity index (χ4n) is 2.14. The second kappa shape index (κ2) is 6.08. The predicted molar refractivity (Wildman–Crippen MR) is 72.7 cm³/mol. The zero-order valence-corrected chi connectivity index (χ0v) is 11.7. The molecule has 0 bridgehead atoms. The number of hydrogen-bond donors (Lipinski definition) is 1. The molecule has 2 rings (SSSR count). The van der Waals surface area contributed by atoms with E-state index in [-0.39, 0.29) is 6.10 Å². The monoisotopic (exact) mass is 263 g/mol. The molecule has 0 unspecified atom stereocenters. The standard InChI is InChI=1S/C15H21NO3/c1-11(17)8-16(9-14-6-4-12(2)18-14)10-15-7-5-13(3)19-15/h4-7,11,17H,8-10H2,1-3H3/t11-/m0/s1. The molecule has 2 aromatic rings. The van der Waals surface area contributed by atoms with E-state index in [0.717, 1.165) is 23.0 Å². The van der Waals surface area contributed by atoms with Crippen LogP contribution in [0.5, 0.6) is 0 Å². The minimum Gasteiger partial charge on any atom is -0.465 e. The molecule has 4 nitrogen and oxygen atoms in total. The molecule has 0 aliphatic rings. The summed E-state index contributed by atoms with van der Waals surface area (Å²) < 4.78 is 11.2. The van der Waals surface area contributed by atoms with E-state index in [2.05, 4.69) is 4.90 Å². The molecule has 2 aromatic heterocycles. The second-order valence-corrected chi connectivity index (χ2v) is 5.04. The van der Waals surface area contributed by atoms with Gasteiger partial charge in [0.25, 0.3) is 0 Å². The summed E-state index contributed by atoms with van der Waals surface area (Å²) in [6, 6.07) is 7.84. The Morgan fingerprint density at radius 2 is 1.47 bits per heavy atom. The minimum atomic E-state index is -0.382. The van der Waals surface area contributed by atoms with Crippen LogP contribution in [0.1, 0.15) is 30.0 Å². The van der Waals surface area contributed by atoms with E-state index < -0.39 is 0 Å². The molecule has 1 N–H and O–H groups in total. The Morgan fingerprint density at radius 1 is 1.00 bits per heavy atom. The van der Waals surface area contributed by atoms with Crippen LogP contribution in [0.25, 0.3) is 0 Å². The van der Waals surface area contributed by atoms with Crippen molar-refractivity contribution in [2.24, 2.45) is 0 Å². The Morgan fingerprint density at radius 3 is 1.79 bits per heavy atom. The largest absolute Gasteiger partial charge is 0.465 e.